The van der Waals surface area contributed by atoms with Crippen LogP contribution in [0.15, 0.2) is 0 Å². The van der Waals surface area contributed by atoms with Gasteiger partial charge in [-0.15, -0.1) is 0 Å². The van der Waals surface area contributed by atoms with Crippen LogP contribution in [-0.2, 0) is 0 Å². The minimum absolute atomic E-state index is 0.846. The first-order valence-electron chi connectivity index (χ1n) is 4.72. The van der Waals surface area contributed by atoms with Crippen molar-refractivity contribution in [1.29, 1.82) is 0 Å². The van der Waals surface area contributed by atoms with E-state index in [1.165, 1.54) is 31.4 Å². The van der Waals surface area contributed by atoms with Gasteiger partial charge in [0.25, 0.3) is 0 Å². The van der Waals surface area contributed by atoms with Crippen molar-refractivity contribution in [3.63, 3.8) is 0 Å². The molecule has 1 aliphatic carbocycles. The van der Waals surface area contributed by atoms with Crippen LogP contribution in [0, 0.1) is 0 Å². The van der Waals surface area contributed by atoms with Crippen LogP contribution >= 0.6 is 11.8 Å². The molecule has 0 spiro atoms. The van der Waals surface area contributed by atoms with Crippen molar-refractivity contribution in [2.45, 2.75) is 49.9 Å². The molecule has 1 nitrogen and oxygen atoms in total. The number of rotatable bonds is 2. The van der Waals surface area contributed by atoms with Crippen LogP contribution < -0.4 is 5.32 Å². The Morgan fingerprint density at radius 2 is 2.00 bits per heavy atom. The maximum Gasteiger partial charge on any atom is 0.00879 e. The van der Waals surface area contributed by atoms with Crippen molar-refractivity contribution in [2.75, 3.05) is 5.75 Å². The third kappa shape index (κ3) is 2.38. The van der Waals surface area contributed by atoms with Crippen LogP contribution in [-0.4, -0.2) is 23.1 Å². The van der Waals surface area contributed by atoms with Gasteiger partial charge in [-0.2, -0.15) is 11.8 Å². The summed E-state index contributed by atoms with van der Waals surface area (Å²) < 4.78 is 0. The molecule has 1 saturated carbocycles. The normalized spacial score (nSPS) is 39.0. The Hall–Kier alpha value is 0.310. The van der Waals surface area contributed by atoms with Gasteiger partial charge < -0.3 is 5.32 Å². The molecule has 2 aliphatic rings. The van der Waals surface area contributed by atoms with Gasteiger partial charge in [-0.05, 0) is 31.4 Å². The number of thioether (sulfide) groups is 1. The van der Waals surface area contributed by atoms with E-state index < -0.39 is 0 Å². The molecular formula is C9H17NS. The molecule has 1 N–H and O–H groups in total. The van der Waals surface area contributed by atoms with Crippen molar-refractivity contribution in [2.24, 2.45) is 0 Å². The van der Waals surface area contributed by atoms with Crippen molar-refractivity contribution >= 4 is 11.8 Å². The Kier molecular flexibility index (Phi) is 2.42. The van der Waals surface area contributed by atoms with Crippen LogP contribution in [0.1, 0.15) is 32.6 Å². The summed E-state index contributed by atoms with van der Waals surface area (Å²) in [6.07, 6.45) is 5.64. The van der Waals surface area contributed by atoms with Gasteiger partial charge in [-0.1, -0.05) is 6.92 Å². The smallest absolute Gasteiger partial charge is 0.00879 e. The Balaban J connectivity index is 1.73. The average Bonchev–Trinajstić information content (AvgIpc) is 2.71. The lowest BCUT2D eigenvalue weighted by Gasteiger charge is -2.27. The molecule has 0 aromatic carbocycles. The minimum atomic E-state index is 0.846. The van der Waals surface area contributed by atoms with Crippen LogP contribution in [0.5, 0.6) is 0 Å². The predicted molar refractivity (Wildman–Crippen MR) is 51.1 cm³/mol. The lowest BCUT2D eigenvalue weighted by molar-refractivity contribution is 0.457. The van der Waals surface area contributed by atoms with E-state index in [1.54, 1.807) is 0 Å². The van der Waals surface area contributed by atoms with Gasteiger partial charge in [0.1, 0.15) is 0 Å². The van der Waals surface area contributed by atoms with E-state index in [-0.39, 0.29) is 0 Å². The van der Waals surface area contributed by atoms with Gasteiger partial charge in [0.2, 0.25) is 0 Å². The summed E-state index contributed by atoms with van der Waals surface area (Å²) in [5, 5.41) is 4.60. The van der Waals surface area contributed by atoms with E-state index in [1.807, 2.05) is 0 Å². The highest BCUT2D eigenvalue weighted by Gasteiger charge is 2.27. The Morgan fingerprint density at radius 1 is 1.18 bits per heavy atom. The predicted octanol–water partition coefficient (Wildman–Crippen LogP) is 2.02. The average molecular weight is 171 g/mol. The van der Waals surface area contributed by atoms with Gasteiger partial charge in [-0.25, -0.2) is 0 Å². The van der Waals surface area contributed by atoms with Gasteiger partial charge in [-0.3, -0.25) is 0 Å². The molecule has 2 fully saturated rings. The van der Waals surface area contributed by atoms with Gasteiger partial charge in [0.15, 0.2) is 0 Å². The first-order valence-corrected chi connectivity index (χ1v) is 5.77. The highest BCUT2D eigenvalue weighted by molar-refractivity contribution is 7.99. The van der Waals surface area contributed by atoms with Crippen LogP contribution in [0.4, 0.5) is 0 Å². The molecule has 2 rings (SSSR count). The highest BCUT2D eigenvalue weighted by atomic mass is 32.2. The zero-order chi connectivity index (χ0) is 7.68. The fourth-order valence-electron chi connectivity index (χ4n) is 1.73. The van der Waals surface area contributed by atoms with Gasteiger partial charge >= 0.3 is 0 Å². The molecule has 0 aromatic rings. The minimum Gasteiger partial charge on any atom is -0.311 e. The molecule has 0 amide bonds. The van der Waals surface area contributed by atoms with Crippen molar-refractivity contribution in [3.8, 4) is 0 Å². The number of hydrogen-bond donors (Lipinski definition) is 1. The summed E-state index contributed by atoms with van der Waals surface area (Å²) in [4.78, 5) is 0. The Labute approximate surface area is 73.3 Å². The molecule has 2 unspecified atom stereocenters. The van der Waals surface area contributed by atoms with E-state index in [9.17, 15) is 0 Å². The Morgan fingerprint density at radius 3 is 2.64 bits per heavy atom. The molecule has 11 heavy (non-hydrogen) atoms. The molecule has 1 aliphatic heterocycles. The molecule has 0 aromatic heterocycles. The molecule has 2 atom stereocenters. The van der Waals surface area contributed by atoms with E-state index >= 15 is 0 Å². The first kappa shape index (κ1) is 7.93. The topological polar surface area (TPSA) is 12.0 Å². The van der Waals surface area contributed by atoms with Crippen molar-refractivity contribution < 1.29 is 0 Å². The maximum atomic E-state index is 3.71. The summed E-state index contributed by atoms with van der Waals surface area (Å²) >= 11 is 2.13. The van der Waals surface area contributed by atoms with Crippen LogP contribution in [0.25, 0.3) is 0 Å². The fourth-order valence-corrected chi connectivity index (χ4v) is 2.92. The molecule has 64 valence electrons. The van der Waals surface area contributed by atoms with E-state index in [0.29, 0.717) is 0 Å². The second-order valence-corrected chi connectivity index (χ2v) is 5.39. The van der Waals surface area contributed by atoms with Crippen LogP contribution in [0.3, 0.4) is 0 Å². The molecule has 1 heterocycles. The maximum absolute atomic E-state index is 3.71. The summed E-state index contributed by atoms with van der Waals surface area (Å²) in [6.45, 7) is 2.35. The lowest BCUT2D eigenvalue weighted by atomic mass is 10.1. The lowest BCUT2D eigenvalue weighted by Crippen LogP contribution is -2.36. The monoisotopic (exact) mass is 171 g/mol. The molecule has 0 radical (unpaired) electrons. The third-order valence-electron chi connectivity index (χ3n) is 2.53. The molecule has 0 bridgehead atoms. The van der Waals surface area contributed by atoms with E-state index in [2.05, 4.69) is 24.0 Å². The second-order valence-electron chi connectivity index (χ2n) is 3.84. The molecular weight excluding hydrogens is 154 g/mol. The number of nitrogens with one attached hydrogen (secondary N) is 1. The van der Waals surface area contributed by atoms with Crippen LogP contribution in [0.2, 0.25) is 0 Å². The second kappa shape index (κ2) is 3.36. The van der Waals surface area contributed by atoms with Gasteiger partial charge in [0.05, 0.1) is 0 Å². The SMILES string of the molecule is CC1CC(NC2CC2)CCS1. The third-order valence-corrected chi connectivity index (χ3v) is 3.77. The zero-order valence-electron chi connectivity index (χ0n) is 7.18. The summed E-state index contributed by atoms with van der Waals surface area (Å²) in [6, 6.07) is 1.74. The quantitative estimate of drug-likeness (QED) is 0.682. The summed E-state index contributed by atoms with van der Waals surface area (Å²) in [5.41, 5.74) is 0. The molecule has 1 saturated heterocycles. The zero-order valence-corrected chi connectivity index (χ0v) is 7.99. The fraction of sp³-hybridized carbons (Fsp3) is 1.00. The highest BCUT2D eigenvalue weighted by Crippen LogP contribution is 2.28. The number of hydrogen-bond acceptors (Lipinski definition) is 2. The van der Waals surface area contributed by atoms with E-state index in [0.717, 1.165) is 17.3 Å². The molecule has 2 heteroatoms. The summed E-state index contributed by atoms with van der Waals surface area (Å²) in [5.74, 6) is 1.37. The standard InChI is InChI=1S/C9H17NS/c1-7-6-9(4-5-11-7)10-8-2-3-8/h7-10H,2-6H2,1H3. The first-order chi connectivity index (χ1) is 5.34. The van der Waals surface area contributed by atoms with Gasteiger partial charge in [0, 0.05) is 17.3 Å². The summed E-state index contributed by atoms with van der Waals surface area (Å²) in [7, 11) is 0. The Bertz CT molecular complexity index is 132. The largest absolute Gasteiger partial charge is 0.311 e. The van der Waals surface area contributed by atoms with Crippen molar-refractivity contribution in [1.82, 2.24) is 5.32 Å². The van der Waals surface area contributed by atoms with E-state index in [4.69, 9.17) is 0 Å². The van der Waals surface area contributed by atoms with Crippen molar-refractivity contribution in [3.05, 3.63) is 0 Å².